The van der Waals surface area contributed by atoms with Crippen molar-refractivity contribution < 1.29 is 14.3 Å². The lowest BCUT2D eigenvalue weighted by Gasteiger charge is -2.08. The van der Waals surface area contributed by atoms with Gasteiger partial charge in [-0.3, -0.25) is 4.79 Å². The summed E-state index contributed by atoms with van der Waals surface area (Å²) in [6.45, 7) is 1.77. The Morgan fingerprint density at radius 1 is 1.04 bits per heavy atom. The number of ether oxygens (including phenoxy) is 1. The summed E-state index contributed by atoms with van der Waals surface area (Å²) in [5.74, 6) is -0.812. The van der Waals surface area contributed by atoms with Gasteiger partial charge < -0.3 is 10.1 Å². The van der Waals surface area contributed by atoms with Crippen molar-refractivity contribution in [3.8, 4) is 0 Å². The van der Waals surface area contributed by atoms with Crippen LogP contribution in [0.1, 0.15) is 40.4 Å². The Kier molecular flexibility index (Phi) is 4.94. The highest BCUT2D eigenvalue weighted by molar-refractivity contribution is 5.95. The first kappa shape index (κ1) is 16.2. The van der Waals surface area contributed by atoms with Gasteiger partial charge in [0.15, 0.2) is 6.61 Å². The number of hydrogen-bond donors (Lipinski definition) is 1. The fourth-order valence-corrected chi connectivity index (χ4v) is 2.94. The van der Waals surface area contributed by atoms with Crippen molar-refractivity contribution in [3.63, 3.8) is 0 Å². The standard InChI is InChI=1S/C20H21NO3/c1-2-14-6-8-16(9-7-14)20(23)24-13-19(22)21-18-11-10-15-4-3-5-17(15)12-18/h6-12H,2-5,13H2,1H3,(H,21,22). The van der Waals surface area contributed by atoms with Crippen LogP contribution in [0.25, 0.3) is 0 Å². The third-order valence-corrected chi connectivity index (χ3v) is 4.31. The zero-order valence-corrected chi connectivity index (χ0v) is 13.8. The number of carbonyl (C=O) groups excluding carboxylic acids is 2. The molecule has 0 unspecified atom stereocenters. The lowest BCUT2D eigenvalue weighted by molar-refractivity contribution is -0.119. The lowest BCUT2D eigenvalue weighted by atomic mass is 10.1. The Morgan fingerprint density at radius 3 is 2.54 bits per heavy atom. The summed E-state index contributed by atoms with van der Waals surface area (Å²) in [5, 5.41) is 2.78. The molecule has 1 amide bonds. The van der Waals surface area contributed by atoms with Crippen molar-refractivity contribution in [3.05, 3.63) is 64.7 Å². The Balaban J connectivity index is 1.52. The molecule has 1 aliphatic rings. The first-order valence-electron chi connectivity index (χ1n) is 8.33. The number of anilines is 1. The van der Waals surface area contributed by atoms with Gasteiger partial charge in [-0.15, -0.1) is 0 Å². The van der Waals surface area contributed by atoms with Gasteiger partial charge in [-0.25, -0.2) is 4.79 Å². The van der Waals surface area contributed by atoms with Crippen molar-refractivity contribution in [2.24, 2.45) is 0 Å². The number of rotatable bonds is 5. The Labute approximate surface area is 141 Å². The second kappa shape index (κ2) is 7.30. The molecular weight excluding hydrogens is 302 g/mol. The van der Waals surface area contributed by atoms with Crippen molar-refractivity contribution in [2.45, 2.75) is 32.6 Å². The van der Waals surface area contributed by atoms with Crippen molar-refractivity contribution in [1.82, 2.24) is 0 Å². The van der Waals surface area contributed by atoms with Gasteiger partial charge >= 0.3 is 5.97 Å². The predicted octanol–water partition coefficient (Wildman–Crippen LogP) is 3.53. The van der Waals surface area contributed by atoms with E-state index in [1.807, 2.05) is 24.3 Å². The van der Waals surface area contributed by atoms with Gasteiger partial charge in [0.2, 0.25) is 0 Å². The van der Waals surface area contributed by atoms with E-state index in [4.69, 9.17) is 4.74 Å². The van der Waals surface area contributed by atoms with E-state index in [1.54, 1.807) is 12.1 Å². The van der Waals surface area contributed by atoms with Crippen molar-refractivity contribution in [1.29, 1.82) is 0 Å². The molecule has 1 aliphatic carbocycles. The molecule has 0 saturated heterocycles. The molecule has 0 spiro atoms. The van der Waals surface area contributed by atoms with Crippen LogP contribution in [0.5, 0.6) is 0 Å². The summed E-state index contributed by atoms with van der Waals surface area (Å²) in [6.07, 6.45) is 4.25. The molecule has 124 valence electrons. The molecule has 0 saturated carbocycles. The zero-order valence-electron chi connectivity index (χ0n) is 13.8. The molecule has 1 N–H and O–H groups in total. The third-order valence-electron chi connectivity index (χ3n) is 4.31. The number of amides is 1. The van der Waals surface area contributed by atoms with Crippen LogP contribution in [0, 0.1) is 0 Å². The number of nitrogens with one attached hydrogen (secondary N) is 1. The number of hydrogen-bond acceptors (Lipinski definition) is 3. The van der Waals surface area contributed by atoms with Crippen LogP contribution in [0.2, 0.25) is 0 Å². The smallest absolute Gasteiger partial charge is 0.338 e. The molecular formula is C20H21NO3. The first-order valence-corrected chi connectivity index (χ1v) is 8.33. The van der Waals surface area contributed by atoms with E-state index in [1.165, 1.54) is 17.5 Å². The molecule has 0 fully saturated rings. The van der Waals surface area contributed by atoms with E-state index in [0.717, 1.165) is 30.5 Å². The maximum Gasteiger partial charge on any atom is 0.338 e. The van der Waals surface area contributed by atoms with Crippen LogP contribution in [-0.4, -0.2) is 18.5 Å². The van der Waals surface area contributed by atoms with Crippen molar-refractivity contribution >= 4 is 17.6 Å². The average Bonchev–Trinajstić information content (AvgIpc) is 3.07. The highest BCUT2D eigenvalue weighted by Gasteiger charge is 2.13. The van der Waals surface area contributed by atoms with E-state index < -0.39 is 5.97 Å². The summed E-state index contributed by atoms with van der Waals surface area (Å²) in [5.41, 5.74) is 5.01. The number of aryl methyl sites for hydroxylation is 3. The summed E-state index contributed by atoms with van der Waals surface area (Å²) in [4.78, 5) is 23.9. The van der Waals surface area contributed by atoms with E-state index in [9.17, 15) is 9.59 Å². The normalized spacial score (nSPS) is 12.5. The molecule has 0 atom stereocenters. The van der Waals surface area contributed by atoms with Gasteiger partial charge in [0, 0.05) is 5.69 Å². The maximum atomic E-state index is 12.0. The van der Waals surface area contributed by atoms with Gasteiger partial charge in [-0.2, -0.15) is 0 Å². The molecule has 3 rings (SSSR count). The van der Waals surface area contributed by atoms with Crippen LogP contribution in [0.4, 0.5) is 5.69 Å². The van der Waals surface area contributed by atoms with E-state index in [-0.39, 0.29) is 12.5 Å². The van der Waals surface area contributed by atoms with Crippen molar-refractivity contribution in [2.75, 3.05) is 11.9 Å². The molecule has 0 aromatic heterocycles. The van der Waals surface area contributed by atoms with E-state index in [0.29, 0.717) is 5.56 Å². The zero-order chi connectivity index (χ0) is 16.9. The quantitative estimate of drug-likeness (QED) is 0.856. The van der Waals surface area contributed by atoms with Gasteiger partial charge in [0.25, 0.3) is 5.91 Å². The van der Waals surface area contributed by atoms with Crippen LogP contribution in [0.15, 0.2) is 42.5 Å². The highest BCUT2D eigenvalue weighted by Crippen LogP contribution is 2.24. The van der Waals surface area contributed by atoms with Crippen LogP contribution >= 0.6 is 0 Å². The fourth-order valence-electron chi connectivity index (χ4n) is 2.94. The number of carbonyl (C=O) groups is 2. The molecule has 0 aliphatic heterocycles. The van der Waals surface area contributed by atoms with Gasteiger partial charge in [-0.05, 0) is 66.6 Å². The fraction of sp³-hybridized carbons (Fsp3) is 0.300. The van der Waals surface area contributed by atoms with Crippen LogP contribution < -0.4 is 5.32 Å². The number of esters is 1. The topological polar surface area (TPSA) is 55.4 Å². The molecule has 4 nitrogen and oxygen atoms in total. The van der Waals surface area contributed by atoms with Gasteiger partial charge in [-0.1, -0.05) is 25.1 Å². The van der Waals surface area contributed by atoms with Gasteiger partial charge in [0.05, 0.1) is 5.56 Å². The summed E-state index contributed by atoms with van der Waals surface area (Å²) in [6, 6.07) is 13.2. The predicted molar refractivity (Wildman–Crippen MR) is 93.2 cm³/mol. The Hall–Kier alpha value is -2.62. The summed E-state index contributed by atoms with van der Waals surface area (Å²) < 4.78 is 5.08. The number of benzene rings is 2. The first-order chi connectivity index (χ1) is 11.7. The molecule has 0 radical (unpaired) electrons. The molecule has 2 aromatic carbocycles. The second-order valence-electron chi connectivity index (χ2n) is 6.01. The highest BCUT2D eigenvalue weighted by atomic mass is 16.5. The largest absolute Gasteiger partial charge is 0.452 e. The van der Waals surface area contributed by atoms with Crippen LogP contribution in [0.3, 0.4) is 0 Å². The molecule has 0 heterocycles. The molecule has 2 aromatic rings. The lowest BCUT2D eigenvalue weighted by Crippen LogP contribution is -2.21. The summed E-state index contributed by atoms with van der Waals surface area (Å²) >= 11 is 0. The molecule has 24 heavy (non-hydrogen) atoms. The average molecular weight is 323 g/mol. The van der Waals surface area contributed by atoms with E-state index >= 15 is 0 Å². The summed E-state index contributed by atoms with van der Waals surface area (Å²) in [7, 11) is 0. The Morgan fingerprint density at radius 2 is 1.79 bits per heavy atom. The van der Waals surface area contributed by atoms with Crippen LogP contribution in [-0.2, 0) is 28.8 Å². The molecule has 0 bridgehead atoms. The Bertz CT molecular complexity index is 750. The van der Waals surface area contributed by atoms with E-state index in [2.05, 4.69) is 18.3 Å². The SMILES string of the molecule is CCc1ccc(C(=O)OCC(=O)Nc2ccc3c(c2)CCC3)cc1. The minimum absolute atomic E-state index is 0.286. The molecule has 4 heteroatoms. The maximum absolute atomic E-state index is 12.0. The number of fused-ring (bicyclic) bond motifs is 1. The monoisotopic (exact) mass is 323 g/mol. The minimum atomic E-state index is -0.484. The second-order valence-corrected chi connectivity index (χ2v) is 6.01. The van der Waals surface area contributed by atoms with Gasteiger partial charge in [0.1, 0.15) is 0 Å². The third kappa shape index (κ3) is 3.82. The minimum Gasteiger partial charge on any atom is -0.452 e.